The highest BCUT2D eigenvalue weighted by Gasteiger charge is 2.24. The topological polar surface area (TPSA) is 117 Å². The molecule has 0 saturated carbocycles. The minimum atomic E-state index is -1.31. The maximum Gasteiger partial charge on any atom is 0.410 e. The standard InChI is InChI=1S/C15H28N2O7/c1-15(2,3)24-14(22)17(5)9-8-16(4)13(21)23-11(12(19)20)7-6-10-18/h11,18H,6-10H2,1-5H3,(H,19,20)/t11-/m0/s1. The van der Waals surface area contributed by atoms with Crippen molar-refractivity contribution in [2.75, 3.05) is 33.8 Å². The summed E-state index contributed by atoms with van der Waals surface area (Å²) < 4.78 is 10.1. The monoisotopic (exact) mass is 348 g/mol. The van der Waals surface area contributed by atoms with E-state index in [0.29, 0.717) is 0 Å². The average Bonchev–Trinajstić information content (AvgIpc) is 2.46. The molecule has 0 aromatic carbocycles. The predicted octanol–water partition coefficient (Wildman–Crippen LogP) is 1.15. The first kappa shape index (κ1) is 22.0. The first-order valence-corrected chi connectivity index (χ1v) is 7.67. The van der Waals surface area contributed by atoms with Crippen molar-refractivity contribution in [3.63, 3.8) is 0 Å². The molecule has 0 heterocycles. The third-order valence-electron chi connectivity index (χ3n) is 2.93. The van der Waals surface area contributed by atoms with Crippen LogP contribution in [0, 0.1) is 0 Å². The van der Waals surface area contributed by atoms with Crippen molar-refractivity contribution >= 4 is 18.2 Å². The van der Waals surface area contributed by atoms with E-state index in [1.807, 2.05) is 0 Å². The van der Waals surface area contributed by atoms with Crippen molar-refractivity contribution in [3.8, 4) is 0 Å². The zero-order valence-electron chi connectivity index (χ0n) is 14.9. The number of rotatable bonds is 8. The molecule has 2 N–H and O–H groups in total. The lowest BCUT2D eigenvalue weighted by Gasteiger charge is -2.26. The molecule has 2 amide bonds. The van der Waals surface area contributed by atoms with E-state index in [9.17, 15) is 14.4 Å². The SMILES string of the molecule is CN(CCN(C)C(=O)OC(C)(C)C)C(=O)O[C@@H](CCCO)C(=O)O. The molecule has 9 nitrogen and oxygen atoms in total. The van der Waals surface area contributed by atoms with Gasteiger partial charge in [-0.1, -0.05) is 0 Å². The van der Waals surface area contributed by atoms with Crippen molar-refractivity contribution in [1.29, 1.82) is 0 Å². The van der Waals surface area contributed by atoms with Gasteiger partial charge in [-0.15, -0.1) is 0 Å². The van der Waals surface area contributed by atoms with Crippen LogP contribution in [0.2, 0.25) is 0 Å². The zero-order valence-corrected chi connectivity index (χ0v) is 14.9. The molecule has 0 aromatic rings. The van der Waals surface area contributed by atoms with Gasteiger partial charge in [0.25, 0.3) is 0 Å². The number of amides is 2. The molecule has 0 fully saturated rings. The Hall–Kier alpha value is -2.03. The number of aliphatic hydroxyl groups is 1. The average molecular weight is 348 g/mol. The number of likely N-dealkylation sites (N-methyl/N-ethyl adjacent to an activating group) is 2. The van der Waals surface area contributed by atoms with E-state index in [-0.39, 0.29) is 32.5 Å². The van der Waals surface area contributed by atoms with E-state index in [4.69, 9.17) is 19.7 Å². The van der Waals surface area contributed by atoms with E-state index in [1.54, 1.807) is 20.8 Å². The zero-order chi connectivity index (χ0) is 18.9. The molecule has 0 aliphatic heterocycles. The van der Waals surface area contributed by atoms with Gasteiger partial charge in [0, 0.05) is 33.8 Å². The van der Waals surface area contributed by atoms with Gasteiger partial charge in [0.2, 0.25) is 6.10 Å². The van der Waals surface area contributed by atoms with E-state index in [1.165, 1.54) is 23.9 Å². The number of carboxylic acids is 1. The molecule has 9 heteroatoms. The quantitative estimate of drug-likeness (QED) is 0.675. The summed E-state index contributed by atoms with van der Waals surface area (Å²) in [5.74, 6) is -1.27. The highest BCUT2D eigenvalue weighted by molar-refractivity contribution is 5.77. The lowest BCUT2D eigenvalue weighted by Crippen LogP contribution is -2.41. The van der Waals surface area contributed by atoms with Crippen molar-refractivity contribution in [1.82, 2.24) is 9.80 Å². The number of ether oxygens (including phenoxy) is 2. The maximum absolute atomic E-state index is 11.9. The first-order chi connectivity index (χ1) is 11.0. The summed E-state index contributed by atoms with van der Waals surface area (Å²) in [7, 11) is 2.98. The second-order valence-electron chi connectivity index (χ2n) is 6.40. The van der Waals surface area contributed by atoms with Crippen molar-refractivity contribution in [2.45, 2.75) is 45.3 Å². The predicted molar refractivity (Wildman–Crippen MR) is 85.7 cm³/mol. The van der Waals surface area contributed by atoms with Crippen LogP contribution in [0.1, 0.15) is 33.6 Å². The van der Waals surface area contributed by atoms with E-state index in [2.05, 4.69) is 0 Å². The van der Waals surface area contributed by atoms with Gasteiger partial charge in [-0.2, -0.15) is 0 Å². The summed E-state index contributed by atoms with van der Waals surface area (Å²) in [5, 5.41) is 17.7. The van der Waals surface area contributed by atoms with Gasteiger partial charge in [0.15, 0.2) is 0 Å². The Bertz CT molecular complexity index is 434. The molecule has 0 saturated heterocycles. The van der Waals surface area contributed by atoms with Crippen molar-refractivity contribution < 1.29 is 34.1 Å². The van der Waals surface area contributed by atoms with Crippen LogP contribution < -0.4 is 0 Å². The van der Waals surface area contributed by atoms with Crippen molar-refractivity contribution in [2.24, 2.45) is 0 Å². The van der Waals surface area contributed by atoms with Crippen LogP contribution in [0.5, 0.6) is 0 Å². The normalized spacial score (nSPS) is 12.2. The molecule has 0 spiro atoms. The minimum absolute atomic E-state index is 0.0310. The summed E-state index contributed by atoms with van der Waals surface area (Å²) in [6, 6.07) is 0. The third-order valence-corrected chi connectivity index (χ3v) is 2.93. The van der Waals surface area contributed by atoms with Gasteiger partial charge in [0.1, 0.15) is 5.60 Å². The molecule has 1 atom stereocenters. The van der Waals surface area contributed by atoms with E-state index in [0.717, 1.165) is 0 Å². The summed E-state index contributed by atoms with van der Waals surface area (Å²) in [6.45, 7) is 5.43. The van der Waals surface area contributed by atoms with Crippen LogP contribution in [0.4, 0.5) is 9.59 Å². The molecule has 0 unspecified atom stereocenters. The molecule has 140 valence electrons. The van der Waals surface area contributed by atoms with Crippen LogP contribution in [-0.4, -0.2) is 83.7 Å². The number of aliphatic hydroxyl groups excluding tert-OH is 1. The number of carboxylic acid groups (broad SMARTS) is 1. The fourth-order valence-electron chi connectivity index (χ4n) is 1.54. The Labute approximate surface area is 142 Å². The number of carbonyl (C=O) groups is 3. The fourth-order valence-corrected chi connectivity index (χ4v) is 1.54. The summed E-state index contributed by atoms with van der Waals surface area (Å²) >= 11 is 0. The number of hydrogen-bond acceptors (Lipinski definition) is 6. The number of nitrogens with zero attached hydrogens (tertiary/aromatic N) is 2. The van der Waals surface area contributed by atoms with Crippen LogP contribution >= 0.6 is 0 Å². The second-order valence-corrected chi connectivity index (χ2v) is 6.40. The van der Waals surface area contributed by atoms with Gasteiger partial charge in [-0.3, -0.25) is 0 Å². The molecular formula is C15H28N2O7. The third kappa shape index (κ3) is 9.19. The molecule has 0 aliphatic rings. The molecule has 0 aromatic heterocycles. The highest BCUT2D eigenvalue weighted by Crippen LogP contribution is 2.09. The van der Waals surface area contributed by atoms with Crippen LogP contribution in [0.25, 0.3) is 0 Å². The lowest BCUT2D eigenvalue weighted by atomic mass is 10.2. The Morgan fingerprint density at radius 2 is 1.54 bits per heavy atom. The molecular weight excluding hydrogens is 320 g/mol. The maximum atomic E-state index is 11.9. The number of aliphatic carboxylic acids is 1. The van der Waals surface area contributed by atoms with Gasteiger partial charge in [-0.25, -0.2) is 14.4 Å². The van der Waals surface area contributed by atoms with E-state index >= 15 is 0 Å². The second kappa shape index (κ2) is 9.96. The highest BCUT2D eigenvalue weighted by atomic mass is 16.6. The van der Waals surface area contributed by atoms with Crippen molar-refractivity contribution in [3.05, 3.63) is 0 Å². The number of hydrogen-bond donors (Lipinski definition) is 2. The molecule has 0 rings (SSSR count). The summed E-state index contributed by atoms with van der Waals surface area (Å²) in [4.78, 5) is 37.2. The smallest absolute Gasteiger partial charge is 0.410 e. The largest absolute Gasteiger partial charge is 0.479 e. The Morgan fingerprint density at radius 1 is 1.04 bits per heavy atom. The van der Waals surface area contributed by atoms with Crippen LogP contribution in [0.15, 0.2) is 0 Å². The van der Waals surface area contributed by atoms with Gasteiger partial charge in [0.05, 0.1) is 0 Å². The molecule has 0 aliphatic carbocycles. The number of carbonyl (C=O) groups excluding carboxylic acids is 2. The summed E-state index contributed by atoms with van der Waals surface area (Å²) in [5.41, 5.74) is -0.614. The minimum Gasteiger partial charge on any atom is -0.479 e. The van der Waals surface area contributed by atoms with Gasteiger partial charge in [-0.05, 0) is 33.6 Å². The molecule has 24 heavy (non-hydrogen) atoms. The van der Waals surface area contributed by atoms with Crippen LogP contribution in [0.3, 0.4) is 0 Å². The Morgan fingerprint density at radius 3 is 1.96 bits per heavy atom. The lowest BCUT2D eigenvalue weighted by molar-refractivity contribution is -0.147. The van der Waals surface area contributed by atoms with Gasteiger partial charge < -0.3 is 29.5 Å². The Balaban J connectivity index is 4.39. The summed E-state index contributed by atoms with van der Waals surface area (Å²) in [6.07, 6.45) is -2.39. The first-order valence-electron chi connectivity index (χ1n) is 7.67. The van der Waals surface area contributed by atoms with Gasteiger partial charge >= 0.3 is 18.2 Å². The fraction of sp³-hybridized carbons (Fsp3) is 0.800. The Kier molecular flexibility index (Phi) is 9.12. The van der Waals surface area contributed by atoms with Crippen LogP contribution in [-0.2, 0) is 14.3 Å². The molecule has 0 radical (unpaired) electrons. The molecule has 0 bridgehead atoms. The van der Waals surface area contributed by atoms with E-state index < -0.39 is 29.9 Å².